The van der Waals surface area contributed by atoms with Gasteiger partial charge in [0.1, 0.15) is 6.54 Å². The number of carbonyl (C=O) groups excluding carboxylic acids is 1. The number of halogens is 1. The highest BCUT2D eigenvalue weighted by Crippen LogP contribution is 2.27. The van der Waals surface area contributed by atoms with Crippen LogP contribution in [-0.2, 0) is 4.79 Å². The normalized spacial score (nSPS) is 29.4. The molecule has 0 aromatic carbocycles. The Balaban J connectivity index is 0.00000280. The van der Waals surface area contributed by atoms with Crippen LogP contribution in [-0.4, -0.2) is 73.5 Å². The van der Waals surface area contributed by atoms with Gasteiger partial charge in [0.25, 0.3) is 0 Å². The lowest BCUT2D eigenvalue weighted by Gasteiger charge is -2.32. The number of carbonyl (C=O) groups is 1. The highest BCUT2D eigenvalue weighted by Gasteiger charge is 2.31. The molecule has 7 heteroatoms. The fraction of sp³-hybridized carbons (Fsp3) is 0.905. The highest BCUT2D eigenvalue weighted by molar-refractivity contribution is 14.0. The van der Waals surface area contributed by atoms with Crippen molar-refractivity contribution < 1.29 is 4.79 Å². The molecule has 3 atom stereocenters. The largest absolute Gasteiger partial charge is 0.353 e. The van der Waals surface area contributed by atoms with Crippen LogP contribution in [0.3, 0.4) is 0 Å². The fourth-order valence-electron chi connectivity index (χ4n) is 4.83. The van der Waals surface area contributed by atoms with Crippen molar-refractivity contribution in [3.05, 3.63) is 0 Å². The third-order valence-corrected chi connectivity index (χ3v) is 6.71. The molecular weight excluding hydrogens is 465 g/mol. The number of hydrogen-bond donors (Lipinski definition) is 2. The Morgan fingerprint density at radius 1 is 1.04 bits per heavy atom. The van der Waals surface area contributed by atoms with E-state index in [1.54, 1.807) is 19.0 Å². The number of nitrogens with one attached hydrogen (secondary N) is 2. The van der Waals surface area contributed by atoms with E-state index in [-0.39, 0.29) is 36.4 Å². The second-order valence-corrected chi connectivity index (χ2v) is 9.03. The number of likely N-dealkylation sites (tertiary alicyclic amines) is 1. The van der Waals surface area contributed by atoms with E-state index < -0.39 is 0 Å². The smallest absolute Gasteiger partial charge is 0.243 e. The molecule has 3 rings (SSSR count). The summed E-state index contributed by atoms with van der Waals surface area (Å²) in [4.78, 5) is 20.9. The molecule has 0 aromatic rings. The zero-order chi connectivity index (χ0) is 19.2. The molecule has 3 aliphatic rings. The summed E-state index contributed by atoms with van der Waals surface area (Å²) in [6, 6.07) is 1.69. The molecule has 1 saturated heterocycles. The van der Waals surface area contributed by atoms with Crippen LogP contribution in [0.25, 0.3) is 0 Å². The molecule has 2 N–H and O–H groups in total. The van der Waals surface area contributed by atoms with Gasteiger partial charge in [0.05, 0.1) is 0 Å². The Hall–Kier alpha value is -0.570. The van der Waals surface area contributed by atoms with Gasteiger partial charge in [-0.05, 0) is 38.0 Å². The van der Waals surface area contributed by atoms with Crippen molar-refractivity contribution >= 4 is 35.8 Å². The molecule has 1 heterocycles. The SMILES string of the molecule is CC1CCCCC1NC(=NCC(=O)N(C)C)NC1CCN(C2CCCC2)C1.I. The third-order valence-electron chi connectivity index (χ3n) is 6.71. The molecule has 0 radical (unpaired) electrons. The van der Waals surface area contributed by atoms with E-state index in [2.05, 4.69) is 27.4 Å². The summed E-state index contributed by atoms with van der Waals surface area (Å²) < 4.78 is 0. The van der Waals surface area contributed by atoms with Gasteiger partial charge < -0.3 is 15.5 Å². The van der Waals surface area contributed by atoms with E-state index in [0.29, 0.717) is 18.0 Å². The zero-order valence-electron chi connectivity index (χ0n) is 18.0. The maximum Gasteiger partial charge on any atom is 0.243 e. The number of nitrogens with zero attached hydrogens (tertiary/aromatic N) is 3. The summed E-state index contributed by atoms with van der Waals surface area (Å²) in [5, 5.41) is 7.32. The minimum atomic E-state index is 0. The number of rotatable bonds is 5. The van der Waals surface area contributed by atoms with Crippen LogP contribution in [0.2, 0.25) is 0 Å². The zero-order valence-corrected chi connectivity index (χ0v) is 20.3. The lowest BCUT2D eigenvalue weighted by molar-refractivity contribution is -0.127. The van der Waals surface area contributed by atoms with Crippen molar-refractivity contribution in [2.45, 2.75) is 82.8 Å². The summed E-state index contributed by atoms with van der Waals surface area (Å²) in [6.45, 7) is 4.83. The number of aliphatic imine (C=N–C) groups is 1. The Morgan fingerprint density at radius 2 is 1.71 bits per heavy atom. The Labute approximate surface area is 188 Å². The number of hydrogen-bond acceptors (Lipinski definition) is 3. The molecule has 28 heavy (non-hydrogen) atoms. The second-order valence-electron chi connectivity index (χ2n) is 9.03. The predicted octanol–water partition coefficient (Wildman–Crippen LogP) is 2.82. The van der Waals surface area contributed by atoms with Gasteiger partial charge >= 0.3 is 0 Å². The molecule has 1 amide bonds. The molecule has 6 nitrogen and oxygen atoms in total. The van der Waals surface area contributed by atoms with Crippen molar-refractivity contribution in [3.63, 3.8) is 0 Å². The van der Waals surface area contributed by atoms with Gasteiger partial charge in [-0.3, -0.25) is 9.69 Å². The summed E-state index contributed by atoms with van der Waals surface area (Å²) in [7, 11) is 3.58. The van der Waals surface area contributed by atoms with Crippen LogP contribution in [0.15, 0.2) is 4.99 Å². The molecule has 3 unspecified atom stereocenters. The van der Waals surface area contributed by atoms with Gasteiger partial charge in [-0.1, -0.05) is 32.6 Å². The monoisotopic (exact) mass is 505 g/mol. The number of likely N-dealkylation sites (N-methyl/N-ethyl adjacent to an activating group) is 1. The van der Waals surface area contributed by atoms with Crippen LogP contribution < -0.4 is 10.6 Å². The van der Waals surface area contributed by atoms with Crippen molar-refractivity contribution in [3.8, 4) is 0 Å². The summed E-state index contributed by atoms with van der Waals surface area (Å²) in [5.74, 6) is 1.54. The first-order chi connectivity index (χ1) is 13.0. The predicted molar refractivity (Wildman–Crippen MR) is 126 cm³/mol. The minimum absolute atomic E-state index is 0. The highest BCUT2D eigenvalue weighted by atomic mass is 127. The second kappa shape index (κ2) is 11.6. The average molecular weight is 505 g/mol. The molecule has 1 aliphatic heterocycles. The lowest BCUT2D eigenvalue weighted by atomic mass is 9.86. The van der Waals surface area contributed by atoms with Crippen molar-refractivity contribution in [1.29, 1.82) is 0 Å². The van der Waals surface area contributed by atoms with Gasteiger partial charge in [-0.25, -0.2) is 4.99 Å². The maximum atomic E-state index is 12.0. The molecule has 162 valence electrons. The molecule has 0 spiro atoms. The molecular formula is C21H40IN5O. The number of guanidine groups is 1. The van der Waals surface area contributed by atoms with E-state index in [1.807, 2.05) is 0 Å². The van der Waals surface area contributed by atoms with Crippen LogP contribution in [0.5, 0.6) is 0 Å². The quantitative estimate of drug-likeness (QED) is 0.343. The van der Waals surface area contributed by atoms with Gasteiger partial charge in [-0.2, -0.15) is 0 Å². The summed E-state index contributed by atoms with van der Waals surface area (Å²) in [5.41, 5.74) is 0. The standard InChI is InChI=1S/C21H39N5O.HI/c1-16-8-4-7-11-19(16)24-21(22-14-20(27)25(2)3)23-17-12-13-26(15-17)18-9-5-6-10-18;/h16-19H,4-15H2,1-3H3,(H2,22,23,24);1H. The van der Waals surface area contributed by atoms with Gasteiger partial charge in [-0.15, -0.1) is 24.0 Å². The van der Waals surface area contributed by atoms with Crippen molar-refractivity contribution in [1.82, 2.24) is 20.4 Å². The van der Waals surface area contributed by atoms with Crippen LogP contribution in [0.1, 0.15) is 64.7 Å². The first-order valence-electron chi connectivity index (χ1n) is 11.0. The van der Waals surface area contributed by atoms with Crippen LogP contribution in [0.4, 0.5) is 0 Å². The van der Waals surface area contributed by atoms with Crippen LogP contribution in [0, 0.1) is 5.92 Å². The Morgan fingerprint density at radius 3 is 2.39 bits per heavy atom. The molecule has 0 aromatic heterocycles. The fourth-order valence-corrected chi connectivity index (χ4v) is 4.83. The summed E-state index contributed by atoms with van der Waals surface area (Å²) >= 11 is 0. The minimum Gasteiger partial charge on any atom is -0.353 e. The van der Waals surface area contributed by atoms with Gasteiger partial charge in [0, 0.05) is 45.3 Å². The Bertz CT molecular complexity index is 521. The Kier molecular flexibility index (Phi) is 9.80. The van der Waals surface area contributed by atoms with E-state index in [0.717, 1.165) is 18.5 Å². The topological polar surface area (TPSA) is 60.0 Å². The van der Waals surface area contributed by atoms with E-state index >= 15 is 0 Å². The average Bonchev–Trinajstić information content (AvgIpc) is 3.32. The summed E-state index contributed by atoms with van der Waals surface area (Å²) in [6.07, 6.45) is 11.8. The van der Waals surface area contributed by atoms with Crippen LogP contribution >= 0.6 is 24.0 Å². The van der Waals surface area contributed by atoms with E-state index in [9.17, 15) is 4.79 Å². The number of amides is 1. The lowest BCUT2D eigenvalue weighted by Crippen LogP contribution is -2.51. The molecule has 2 saturated carbocycles. The van der Waals surface area contributed by atoms with Crippen molar-refractivity contribution in [2.24, 2.45) is 10.9 Å². The first-order valence-corrected chi connectivity index (χ1v) is 11.0. The molecule has 3 fully saturated rings. The van der Waals surface area contributed by atoms with E-state index in [1.165, 1.54) is 64.3 Å². The third kappa shape index (κ3) is 6.75. The maximum absolute atomic E-state index is 12.0. The van der Waals surface area contributed by atoms with Gasteiger partial charge in [0.2, 0.25) is 5.91 Å². The first kappa shape index (κ1) is 23.7. The van der Waals surface area contributed by atoms with Gasteiger partial charge in [0.15, 0.2) is 5.96 Å². The van der Waals surface area contributed by atoms with Crippen molar-refractivity contribution in [2.75, 3.05) is 33.7 Å². The molecule has 2 aliphatic carbocycles. The van der Waals surface area contributed by atoms with E-state index in [4.69, 9.17) is 0 Å². The molecule has 0 bridgehead atoms.